The van der Waals surface area contributed by atoms with Crippen LogP contribution in [0.4, 0.5) is 5.69 Å². The van der Waals surface area contributed by atoms with E-state index in [9.17, 15) is 5.11 Å². The summed E-state index contributed by atoms with van der Waals surface area (Å²) in [6.45, 7) is 12.4. The number of guanidine groups is 1. The summed E-state index contributed by atoms with van der Waals surface area (Å²) in [6, 6.07) is 8.75. The number of halogens is 1. The first-order valence-corrected chi connectivity index (χ1v) is 10.1. The van der Waals surface area contributed by atoms with E-state index in [1.165, 1.54) is 11.3 Å². The molecule has 154 valence electrons. The van der Waals surface area contributed by atoms with E-state index in [0.717, 1.165) is 64.5 Å². The highest BCUT2D eigenvalue weighted by molar-refractivity contribution is 14.0. The van der Waals surface area contributed by atoms with Crippen LogP contribution < -0.4 is 10.2 Å². The molecule has 0 bridgehead atoms. The van der Waals surface area contributed by atoms with Gasteiger partial charge in [0.15, 0.2) is 5.96 Å². The number of benzene rings is 1. The Morgan fingerprint density at radius 1 is 1.19 bits per heavy atom. The summed E-state index contributed by atoms with van der Waals surface area (Å²) in [5, 5.41) is 12.7. The molecule has 1 saturated heterocycles. The number of aliphatic hydroxyl groups is 1. The van der Waals surface area contributed by atoms with Crippen molar-refractivity contribution >= 4 is 35.6 Å². The van der Waals surface area contributed by atoms with Crippen molar-refractivity contribution in [3.8, 4) is 0 Å². The summed E-state index contributed by atoms with van der Waals surface area (Å²) in [5.74, 6) is 1.50. The van der Waals surface area contributed by atoms with Crippen molar-refractivity contribution < 1.29 is 5.11 Å². The lowest BCUT2D eigenvalue weighted by Gasteiger charge is -2.38. The molecule has 1 aliphatic rings. The second-order valence-corrected chi connectivity index (χ2v) is 7.17. The van der Waals surface area contributed by atoms with Crippen molar-refractivity contribution in [1.82, 2.24) is 10.2 Å². The van der Waals surface area contributed by atoms with Crippen molar-refractivity contribution in [3.63, 3.8) is 0 Å². The Bertz CT molecular complexity index is 553. The first kappa shape index (κ1) is 24.0. The van der Waals surface area contributed by atoms with Crippen LogP contribution in [0.5, 0.6) is 0 Å². The fourth-order valence-corrected chi connectivity index (χ4v) is 3.56. The van der Waals surface area contributed by atoms with Gasteiger partial charge in [0.1, 0.15) is 0 Å². The Labute approximate surface area is 182 Å². The van der Waals surface area contributed by atoms with Crippen LogP contribution in [0.1, 0.15) is 38.7 Å². The number of hydrogen-bond donors (Lipinski definition) is 2. The highest BCUT2D eigenvalue weighted by Crippen LogP contribution is 2.18. The quantitative estimate of drug-likeness (QED) is 0.334. The standard InChI is InChI=1S/C21H36N4O.HI/c1-4-7-19(10-15-26)17-23-21(22-5-2)25-13-11-24(12-14-25)20-9-6-8-18(3)16-20;/h6,8-9,16,19,26H,4-5,7,10-15,17H2,1-3H3,(H,22,23);1H. The third-order valence-corrected chi connectivity index (χ3v) is 5.01. The van der Waals surface area contributed by atoms with Crippen molar-refractivity contribution in [2.45, 2.75) is 40.0 Å². The summed E-state index contributed by atoms with van der Waals surface area (Å²) in [4.78, 5) is 9.72. The first-order valence-electron chi connectivity index (χ1n) is 10.1. The third-order valence-electron chi connectivity index (χ3n) is 5.01. The summed E-state index contributed by atoms with van der Waals surface area (Å²) in [7, 11) is 0. The molecule has 27 heavy (non-hydrogen) atoms. The summed E-state index contributed by atoms with van der Waals surface area (Å²) < 4.78 is 0. The van der Waals surface area contributed by atoms with Gasteiger partial charge in [-0.15, -0.1) is 24.0 Å². The van der Waals surface area contributed by atoms with Gasteiger partial charge in [-0.1, -0.05) is 25.5 Å². The van der Waals surface area contributed by atoms with Gasteiger partial charge < -0.3 is 20.2 Å². The van der Waals surface area contributed by atoms with Crippen LogP contribution in [0.15, 0.2) is 29.3 Å². The minimum atomic E-state index is 0. The van der Waals surface area contributed by atoms with Crippen LogP contribution in [0.2, 0.25) is 0 Å². The molecule has 1 atom stereocenters. The average Bonchev–Trinajstić information content (AvgIpc) is 2.65. The van der Waals surface area contributed by atoms with Gasteiger partial charge >= 0.3 is 0 Å². The molecule has 2 rings (SSSR count). The molecule has 6 heteroatoms. The predicted octanol–water partition coefficient (Wildman–Crippen LogP) is 3.50. The van der Waals surface area contributed by atoms with Crippen molar-refractivity contribution in [1.29, 1.82) is 0 Å². The number of aryl methyl sites for hydroxylation is 1. The topological polar surface area (TPSA) is 51.1 Å². The number of nitrogens with zero attached hydrogens (tertiary/aromatic N) is 3. The minimum absolute atomic E-state index is 0. The molecule has 0 saturated carbocycles. The lowest BCUT2D eigenvalue weighted by molar-refractivity contribution is 0.253. The van der Waals surface area contributed by atoms with E-state index in [1.807, 2.05) is 0 Å². The Kier molecular flexibility index (Phi) is 11.7. The molecule has 1 unspecified atom stereocenters. The monoisotopic (exact) mass is 488 g/mol. The maximum atomic E-state index is 9.26. The lowest BCUT2D eigenvalue weighted by atomic mass is 10.0. The van der Waals surface area contributed by atoms with Crippen LogP contribution >= 0.6 is 24.0 Å². The molecular weight excluding hydrogens is 451 g/mol. The highest BCUT2D eigenvalue weighted by Gasteiger charge is 2.20. The number of hydrogen-bond acceptors (Lipinski definition) is 3. The zero-order chi connectivity index (χ0) is 18.8. The Morgan fingerprint density at radius 3 is 2.52 bits per heavy atom. The molecule has 5 nitrogen and oxygen atoms in total. The second kappa shape index (κ2) is 13.2. The van der Waals surface area contributed by atoms with Crippen LogP contribution in [0.3, 0.4) is 0 Å². The Balaban J connectivity index is 0.00000364. The summed E-state index contributed by atoms with van der Waals surface area (Å²) in [6.07, 6.45) is 3.12. The fraction of sp³-hybridized carbons (Fsp3) is 0.667. The van der Waals surface area contributed by atoms with E-state index < -0.39 is 0 Å². The normalized spacial score (nSPS) is 16.1. The molecule has 1 aromatic rings. The highest BCUT2D eigenvalue weighted by atomic mass is 127. The Morgan fingerprint density at radius 2 is 1.93 bits per heavy atom. The molecule has 2 N–H and O–H groups in total. The van der Waals surface area contributed by atoms with E-state index in [-0.39, 0.29) is 30.6 Å². The summed E-state index contributed by atoms with van der Waals surface area (Å²) in [5.41, 5.74) is 2.63. The van der Waals surface area contributed by atoms with Gasteiger partial charge in [0.05, 0.1) is 0 Å². The average molecular weight is 488 g/mol. The van der Waals surface area contributed by atoms with Crippen LogP contribution in [0, 0.1) is 12.8 Å². The molecule has 0 aliphatic carbocycles. The van der Waals surface area contributed by atoms with Crippen molar-refractivity contribution in [2.24, 2.45) is 10.9 Å². The molecule has 1 fully saturated rings. The fourth-order valence-electron chi connectivity index (χ4n) is 3.56. The number of anilines is 1. The molecule has 1 aromatic carbocycles. The predicted molar refractivity (Wildman–Crippen MR) is 126 cm³/mol. The SMILES string of the molecule is CCCC(CCO)CN=C(NCC)N1CCN(c2cccc(C)c2)CC1.I. The minimum Gasteiger partial charge on any atom is -0.396 e. The van der Waals surface area contributed by atoms with E-state index >= 15 is 0 Å². The number of aliphatic imine (C=N–C) groups is 1. The molecule has 1 heterocycles. The number of nitrogens with one attached hydrogen (secondary N) is 1. The van der Waals surface area contributed by atoms with Gasteiger partial charge in [0.2, 0.25) is 0 Å². The van der Waals surface area contributed by atoms with E-state index in [2.05, 4.69) is 60.2 Å². The van der Waals surface area contributed by atoms with E-state index in [4.69, 9.17) is 4.99 Å². The van der Waals surface area contributed by atoms with E-state index in [0.29, 0.717) is 5.92 Å². The largest absolute Gasteiger partial charge is 0.396 e. The molecular formula is C21H37IN4O. The van der Waals surface area contributed by atoms with Crippen LogP contribution in [-0.2, 0) is 0 Å². The molecule has 0 aromatic heterocycles. The van der Waals surface area contributed by atoms with Gasteiger partial charge in [-0.2, -0.15) is 0 Å². The lowest BCUT2D eigenvalue weighted by Crippen LogP contribution is -2.52. The van der Waals surface area contributed by atoms with Crippen LogP contribution in [-0.4, -0.2) is 61.8 Å². The number of aliphatic hydroxyl groups excluding tert-OH is 1. The first-order chi connectivity index (χ1) is 12.7. The van der Waals surface area contributed by atoms with Gasteiger partial charge in [0.25, 0.3) is 0 Å². The second-order valence-electron chi connectivity index (χ2n) is 7.17. The third kappa shape index (κ3) is 7.86. The molecule has 0 amide bonds. The van der Waals surface area contributed by atoms with Gasteiger partial charge in [-0.05, 0) is 50.3 Å². The zero-order valence-corrected chi connectivity index (χ0v) is 19.5. The molecule has 0 radical (unpaired) electrons. The molecule has 0 spiro atoms. The van der Waals surface area contributed by atoms with Crippen molar-refractivity contribution in [2.75, 3.05) is 50.8 Å². The maximum absolute atomic E-state index is 9.26. The Hall–Kier alpha value is -1.02. The molecule has 1 aliphatic heterocycles. The van der Waals surface area contributed by atoms with Gasteiger partial charge in [-0.25, -0.2) is 0 Å². The number of piperazine rings is 1. The maximum Gasteiger partial charge on any atom is 0.194 e. The summed E-state index contributed by atoms with van der Waals surface area (Å²) >= 11 is 0. The smallest absolute Gasteiger partial charge is 0.194 e. The van der Waals surface area contributed by atoms with Crippen LogP contribution in [0.25, 0.3) is 0 Å². The number of rotatable bonds is 8. The van der Waals surface area contributed by atoms with Gasteiger partial charge in [-0.3, -0.25) is 4.99 Å². The van der Waals surface area contributed by atoms with Gasteiger partial charge in [0, 0.05) is 51.6 Å². The zero-order valence-electron chi connectivity index (χ0n) is 17.2. The van der Waals surface area contributed by atoms with Crippen molar-refractivity contribution in [3.05, 3.63) is 29.8 Å². The van der Waals surface area contributed by atoms with E-state index in [1.54, 1.807) is 0 Å².